The van der Waals surface area contributed by atoms with Crippen LogP contribution in [0, 0.1) is 0 Å². The first-order valence-electron chi connectivity index (χ1n) is 3.69. The molecular weight excluding hydrogens is 140 g/mol. The number of rotatable bonds is 4. The van der Waals surface area contributed by atoms with E-state index in [1.165, 1.54) is 0 Å². The number of carboxylic acids is 1. The molecular formula is C9H14O2. The number of hydrogen-bond acceptors (Lipinski definition) is 1. The first kappa shape index (κ1) is 9.95. The quantitative estimate of drug-likeness (QED) is 0.383. The number of carbonyl (C=O) groups is 1. The minimum atomic E-state index is -0.828. The number of unbranched alkanes of at least 4 members (excludes halogenated alkanes) is 1. The average molecular weight is 154 g/mol. The van der Waals surface area contributed by atoms with Crippen molar-refractivity contribution in [2.75, 3.05) is 0 Å². The molecule has 0 amide bonds. The molecule has 0 aromatic carbocycles. The standard InChI is InChI=1S/C9H14O2/c1-3-4-5-6-7-8(2)9(10)11/h3-4,7H,5-6H2,1-2H3,(H,10,11)/b4-3+,8-7+. The Labute approximate surface area is 67.2 Å². The van der Waals surface area contributed by atoms with Gasteiger partial charge in [-0.1, -0.05) is 18.2 Å². The highest BCUT2D eigenvalue weighted by Gasteiger charge is 1.96. The van der Waals surface area contributed by atoms with Crippen LogP contribution in [0.2, 0.25) is 0 Å². The van der Waals surface area contributed by atoms with Gasteiger partial charge in [-0.3, -0.25) is 0 Å². The highest BCUT2D eigenvalue weighted by atomic mass is 16.4. The van der Waals surface area contributed by atoms with Gasteiger partial charge >= 0.3 is 5.97 Å². The van der Waals surface area contributed by atoms with Crippen molar-refractivity contribution in [3.05, 3.63) is 23.8 Å². The Hall–Kier alpha value is -1.05. The second kappa shape index (κ2) is 5.71. The van der Waals surface area contributed by atoms with Gasteiger partial charge in [-0.15, -0.1) is 0 Å². The van der Waals surface area contributed by atoms with E-state index >= 15 is 0 Å². The van der Waals surface area contributed by atoms with Crippen LogP contribution in [0.1, 0.15) is 26.7 Å². The molecule has 0 spiro atoms. The largest absolute Gasteiger partial charge is 0.478 e. The summed E-state index contributed by atoms with van der Waals surface area (Å²) in [5.41, 5.74) is 0.425. The SMILES string of the molecule is C/C=C/CC/C=C(\C)C(=O)O. The van der Waals surface area contributed by atoms with Crippen LogP contribution in [0.4, 0.5) is 0 Å². The summed E-state index contributed by atoms with van der Waals surface area (Å²) in [6.45, 7) is 3.56. The normalized spacial score (nSPS) is 12.4. The van der Waals surface area contributed by atoms with Gasteiger partial charge in [0.15, 0.2) is 0 Å². The van der Waals surface area contributed by atoms with E-state index in [1.807, 2.05) is 19.1 Å². The highest BCUT2D eigenvalue weighted by Crippen LogP contribution is 1.98. The van der Waals surface area contributed by atoms with E-state index in [4.69, 9.17) is 5.11 Å². The summed E-state index contributed by atoms with van der Waals surface area (Å²) < 4.78 is 0. The number of allylic oxidation sites excluding steroid dienone is 3. The van der Waals surface area contributed by atoms with Crippen LogP contribution >= 0.6 is 0 Å². The summed E-state index contributed by atoms with van der Waals surface area (Å²) in [5.74, 6) is -0.828. The van der Waals surface area contributed by atoms with Crippen LogP contribution in [0.5, 0.6) is 0 Å². The molecule has 0 fully saturated rings. The molecule has 0 saturated carbocycles. The zero-order chi connectivity index (χ0) is 8.69. The molecule has 0 radical (unpaired) electrons. The van der Waals surface area contributed by atoms with Crippen molar-refractivity contribution >= 4 is 5.97 Å². The fourth-order valence-electron chi connectivity index (χ4n) is 0.650. The molecule has 0 saturated heterocycles. The van der Waals surface area contributed by atoms with Crippen molar-refractivity contribution in [1.29, 1.82) is 0 Å². The Balaban J connectivity index is 3.65. The Bertz CT molecular complexity index is 178. The lowest BCUT2D eigenvalue weighted by Gasteiger charge is -1.90. The van der Waals surface area contributed by atoms with Gasteiger partial charge in [0.05, 0.1) is 0 Å². The second-order valence-electron chi connectivity index (χ2n) is 2.34. The molecule has 2 nitrogen and oxygen atoms in total. The molecule has 11 heavy (non-hydrogen) atoms. The second-order valence-corrected chi connectivity index (χ2v) is 2.34. The van der Waals surface area contributed by atoms with E-state index < -0.39 is 5.97 Å². The predicted octanol–water partition coefficient (Wildman–Crippen LogP) is 2.37. The Morgan fingerprint density at radius 2 is 2.09 bits per heavy atom. The van der Waals surface area contributed by atoms with Crippen LogP contribution < -0.4 is 0 Å². The molecule has 0 rings (SSSR count). The van der Waals surface area contributed by atoms with E-state index in [9.17, 15) is 4.79 Å². The van der Waals surface area contributed by atoms with Crippen LogP contribution in [0.3, 0.4) is 0 Å². The van der Waals surface area contributed by atoms with Crippen molar-refractivity contribution in [3.63, 3.8) is 0 Å². The molecule has 0 heterocycles. The molecule has 0 aliphatic carbocycles. The molecule has 62 valence electrons. The third kappa shape index (κ3) is 5.40. The van der Waals surface area contributed by atoms with Crippen LogP contribution in [-0.4, -0.2) is 11.1 Å². The lowest BCUT2D eigenvalue weighted by Crippen LogP contribution is -1.95. The lowest BCUT2D eigenvalue weighted by molar-refractivity contribution is -0.132. The van der Waals surface area contributed by atoms with E-state index in [1.54, 1.807) is 13.0 Å². The zero-order valence-electron chi connectivity index (χ0n) is 7.00. The van der Waals surface area contributed by atoms with Gasteiger partial charge in [-0.2, -0.15) is 0 Å². The minimum Gasteiger partial charge on any atom is -0.478 e. The van der Waals surface area contributed by atoms with Gasteiger partial charge < -0.3 is 5.11 Å². The maximum absolute atomic E-state index is 10.3. The van der Waals surface area contributed by atoms with Gasteiger partial charge in [0.2, 0.25) is 0 Å². The molecule has 2 heteroatoms. The van der Waals surface area contributed by atoms with Crippen LogP contribution in [0.25, 0.3) is 0 Å². The topological polar surface area (TPSA) is 37.3 Å². The smallest absolute Gasteiger partial charge is 0.330 e. The Morgan fingerprint density at radius 1 is 1.45 bits per heavy atom. The zero-order valence-corrected chi connectivity index (χ0v) is 7.00. The van der Waals surface area contributed by atoms with Gasteiger partial charge in [-0.25, -0.2) is 4.79 Å². The first-order valence-corrected chi connectivity index (χ1v) is 3.69. The van der Waals surface area contributed by atoms with E-state index in [2.05, 4.69) is 0 Å². The molecule has 0 atom stereocenters. The third-order valence-electron chi connectivity index (χ3n) is 1.36. The van der Waals surface area contributed by atoms with Crippen molar-refractivity contribution in [3.8, 4) is 0 Å². The summed E-state index contributed by atoms with van der Waals surface area (Å²) in [5, 5.41) is 8.45. The first-order chi connectivity index (χ1) is 5.18. The summed E-state index contributed by atoms with van der Waals surface area (Å²) in [6.07, 6.45) is 7.45. The molecule has 0 unspecified atom stereocenters. The molecule has 1 N–H and O–H groups in total. The molecule has 0 aromatic heterocycles. The lowest BCUT2D eigenvalue weighted by atomic mass is 10.2. The third-order valence-corrected chi connectivity index (χ3v) is 1.36. The van der Waals surface area contributed by atoms with Crippen LogP contribution in [-0.2, 0) is 4.79 Å². The number of carboxylic acid groups (broad SMARTS) is 1. The molecule has 0 aromatic rings. The van der Waals surface area contributed by atoms with E-state index in [0.717, 1.165) is 12.8 Å². The fourth-order valence-corrected chi connectivity index (χ4v) is 0.650. The van der Waals surface area contributed by atoms with Gasteiger partial charge in [-0.05, 0) is 26.7 Å². The Morgan fingerprint density at radius 3 is 2.55 bits per heavy atom. The average Bonchev–Trinajstić information content (AvgIpc) is 1.97. The van der Waals surface area contributed by atoms with Gasteiger partial charge in [0.25, 0.3) is 0 Å². The molecule has 0 aliphatic rings. The highest BCUT2D eigenvalue weighted by molar-refractivity contribution is 5.85. The summed E-state index contributed by atoms with van der Waals surface area (Å²) in [6, 6.07) is 0. The van der Waals surface area contributed by atoms with Crippen molar-refractivity contribution < 1.29 is 9.90 Å². The van der Waals surface area contributed by atoms with Gasteiger partial charge in [0, 0.05) is 5.57 Å². The molecule has 0 aliphatic heterocycles. The summed E-state index contributed by atoms with van der Waals surface area (Å²) >= 11 is 0. The van der Waals surface area contributed by atoms with Crippen LogP contribution in [0.15, 0.2) is 23.8 Å². The Kier molecular flexibility index (Phi) is 5.17. The van der Waals surface area contributed by atoms with Crippen molar-refractivity contribution in [2.45, 2.75) is 26.7 Å². The fraction of sp³-hybridized carbons (Fsp3) is 0.444. The monoisotopic (exact) mass is 154 g/mol. The van der Waals surface area contributed by atoms with E-state index in [-0.39, 0.29) is 0 Å². The van der Waals surface area contributed by atoms with E-state index in [0.29, 0.717) is 5.57 Å². The van der Waals surface area contributed by atoms with Crippen molar-refractivity contribution in [2.24, 2.45) is 0 Å². The number of hydrogen-bond donors (Lipinski definition) is 1. The summed E-state index contributed by atoms with van der Waals surface area (Å²) in [4.78, 5) is 10.3. The van der Waals surface area contributed by atoms with Crippen molar-refractivity contribution in [1.82, 2.24) is 0 Å². The van der Waals surface area contributed by atoms with Gasteiger partial charge in [0.1, 0.15) is 0 Å². The summed E-state index contributed by atoms with van der Waals surface area (Å²) in [7, 11) is 0. The number of aliphatic carboxylic acids is 1. The predicted molar refractivity (Wildman–Crippen MR) is 45.4 cm³/mol. The maximum Gasteiger partial charge on any atom is 0.330 e. The maximum atomic E-state index is 10.3. The minimum absolute atomic E-state index is 0.425. The molecule has 0 bridgehead atoms.